The molecular weight excluding hydrogens is 184 g/mol. The second-order valence-electron chi connectivity index (χ2n) is 4.79. The standard InChI is InChI=1S/C14H18O/c1-9(2)12-6-4-10(3)14-8-11(15)5-7-13(12)14/h4,8,12-13H,1,5-7H2,2-3H3/t12-,13-/m1/s1. The summed E-state index contributed by atoms with van der Waals surface area (Å²) in [5, 5.41) is 0. The van der Waals surface area contributed by atoms with E-state index in [-0.39, 0.29) is 5.78 Å². The molecule has 0 aromatic heterocycles. The summed E-state index contributed by atoms with van der Waals surface area (Å²) in [6.45, 7) is 8.29. The average Bonchev–Trinajstić information content (AvgIpc) is 2.19. The van der Waals surface area contributed by atoms with Crippen molar-refractivity contribution in [3.8, 4) is 0 Å². The van der Waals surface area contributed by atoms with Gasteiger partial charge in [-0.3, -0.25) is 4.79 Å². The van der Waals surface area contributed by atoms with Crippen molar-refractivity contribution in [1.82, 2.24) is 0 Å². The van der Waals surface area contributed by atoms with Crippen LogP contribution in [-0.4, -0.2) is 5.78 Å². The van der Waals surface area contributed by atoms with E-state index in [9.17, 15) is 4.79 Å². The lowest BCUT2D eigenvalue weighted by Crippen LogP contribution is -2.26. The van der Waals surface area contributed by atoms with Gasteiger partial charge in [-0.2, -0.15) is 0 Å². The molecule has 0 radical (unpaired) electrons. The van der Waals surface area contributed by atoms with E-state index in [1.165, 1.54) is 16.7 Å². The normalized spacial score (nSPS) is 30.4. The molecule has 0 saturated carbocycles. The summed E-state index contributed by atoms with van der Waals surface area (Å²) in [7, 11) is 0. The van der Waals surface area contributed by atoms with Gasteiger partial charge < -0.3 is 0 Å². The van der Waals surface area contributed by atoms with Crippen LogP contribution in [0.25, 0.3) is 0 Å². The van der Waals surface area contributed by atoms with Crippen LogP contribution in [0.3, 0.4) is 0 Å². The van der Waals surface area contributed by atoms with Crippen LogP contribution in [0.15, 0.2) is 35.5 Å². The predicted molar refractivity (Wildman–Crippen MR) is 62.5 cm³/mol. The molecule has 0 heterocycles. The van der Waals surface area contributed by atoms with E-state index in [0.29, 0.717) is 18.3 Å². The monoisotopic (exact) mass is 202 g/mol. The number of ketones is 1. The average molecular weight is 202 g/mol. The fraction of sp³-hybridized carbons (Fsp3) is 0.500. The first-order valence-electron chi connectivity index (χ1n) is 5.66. The van der Waals surface area contributed by atoms with Gasteiger partial charge in [0, 0.05) is 6.42 Å². The van der Waals surface area contributed by atoms with Crippen LogP contribution in [-0.2, 0) is 4.79 Å². The minimum absolute atomic E-state index is 0.288. The molecule has 0 fully saturated rings. The Morgan fingerprint density at radius 1 is 1.53 bits per heavy atom. The first-order valence-corrected chi connectivity index (χ1v) is 5.66. The maximum Gasteiger partial charge on any atom is 0.156 e. The highest BCUT2D eigenvalue weighted by atomic mass is 16.1. The lowest BCUT2D eigenvalue weighted by Gasteiger charge is -2.35. The summed E-state index contributed by atoms with van der Waals surface area (Å²) >= 11 is 0. The van der Waals surface area contributed by atoms with Gasteiger partial charge >= 0.3 is 0 Å². The second kappa shape index (κ2) is 3.80. The van der Waals surface area contributed by atoms with Crippen LogP contribution in [0.1, 0.15) is 33.1 Å². The van der Waals surface area contributed by atoms with E-state index >= 15 is 0 Å². The lowest BCUT2D eigenvalue weighted by molar-refractivity contribution is -0.115. The van der Waals surface area contributed by atoms with E-state index in [1.807, 2.05) is 6.08 Å². The SMILES string of the molecule is C=C(C)[C@H]1CC=C(C)C2=CC(=O)CC[C@@H]21. The van der Waals surface area contributed by atoms with Crippen molar-refractivity contribution in [3.05, 3.63) is 35.5 Å². The molecule has 2 aliphatic carbocycles. The zero-order chi connectivity index (χ0) is 11.0. The Kier molecular flexibility index (Phi) is 2.64. The molecule has 80 valence electrons. The van der Waals surface area contributed by atoms with Gasteiger partial charge in [0.25, 0.3) is 0 Å². The van der Waals surface area contributed by atoms with Gasteiger partial charge in [-0.1, -0.05) is 23.8 Å². The minimum atomic E-state index is 0.288. The number of hydrogen-bond acceptors (Lipinski definition) is 1. The fourth-order valence-electron chi connectivity index (χ4n) is 2.76. The Morgan fingerprint density at radius 3 is 2.93 bits per heavy atom. The van der Waals surface area contributed by atoms with Gasteiger partial charge in [0.1, 0.15) is 0 Å². The third-order valence-corrected chi connectivity index (χ3v) is 3.67. The van der Waals surface area contributed by atoms with Crippen molar-refractivity contribution >= 4 is 5.78 Å². The Bertz CT molecular complexity index is 371. The second-order valence-corrected chi connectivity index (χ2v) is 4.79. The summed E-state index contributed by atoms with van der Waals surface area (Å²) < 4.78 is 0. The highest BCUT2D eigenvalue weighted by Gasteiger charge is 2.32. The Labute approximate surface area is 91.6 Å². The van der Waals surface area contributed by atoms with Gasteiger partial charge in [0.05, 0.1) is 0 Å². The van der Waals surface area contributed by atoms with E-state index < -0.39 is 0 Å². The molecule has 0 saturated heterocycles. The molecule has 2 rings (SSSR count). The quantitative estimate of drug-likeness (QED) is 0.595. The summed E-state index contributed by atoms with van der Waals surface area (Å²) in [6, 6.07) is 0. The number of rotatable bonds is 1. The molecule has 0 aliphatic heterocycles. The fourth-order valence-corrected chi connectivity index (χ4v) is 2.76. The Balaban J connectivity index is 2.38. The van der Waals surface area contributed by atoms with Crippen LogP contribution in [0.4, 0.5) is 0 Å². The largest absolute Gasteiger partial charge is 0.295 e. The van der Waals surface area contributed by atoms with E-state index in [2.05, 4.69) is 26.5 Å². The van der Waals surface area contributed by atoms with Crippen molar-refractivity contribution in [3.63, 3.8) is 0 Å². The van der Waals surface area contributed by atoms with E-state index in [4.69, 9.17) is 0 Å². The molecule has 0 aromatic carbocycles. The zero-order valence-electron chi connectivity index (χ0n) is 9.55. The molecule has 1 nitrogen and oxygen atoms in total. The summed E-state index contributed by atoms with van der Waals surface area (Å²) in [5.74, 6) is 1.38. The van der Waals surface area contributed by atoms with Crippen molar-refractivity contribution in [2.45, 2.75) is 33.1 Å². The van der Waals surface area contributed by atoms with Gasteiger partial charge in [0.15, 0.2) is 5.78 Å². The summed E-state index contributed by atoms with van der Waals surface area (Å²) in [4.78, 5) is 11.4. The molecule has 0 bridgehead atoms. The molecule has 1 heteroatoms. The molecule has 0 unspecified atom stereocenters. The maximum absolute atomic E-state index is 11.4. The molecule has 2 atom stereocenters. The topological polar surface area (TPSA) is 17.1 Å². The van der Waals surface area contributed by atoms with E-state index in [0.717, 1.165) is 12.8 Å². The van der Waals surface area contributed by atoms with Crippen LogP contribution in [0.2, 0.25) is 0 Å². The van der Waals surface area contributed by atoms with Gasteiger partial charge in [-0.15, -0.1) is 0 Å². The first-order chi connectivity index (χ1) is 7.09. The third-order valence-electron chi connectivity index (χ3n) is 3.67. The summed E-state index contributed by atoms with van der Waals surface area (Å²) in [5.41, 5.74) is 3.82. The van der Waals surface area contributed by atoms with Crippen molar-refractivity contribution in [2.75, 3.05) is 0 Å². The van der Waals surface area contributed by atoms with E-state index in [1.54, 1.807) is 0 Å². The van der Waals surface area contributed by atoms with Crippen LogP contribution in [0.5, 0.6) is 0 Å². The molecule has 0 aromatic rings. The van der Waals surface area contributed by atoms with Gasteiger partial charge in [0.2, 0.25) is 0 Å². The van der Waals surface area contributed by atoms with Crippen molar-refractivity contribution in [1.29, 1.82) is 0 Å². The lowest BCUT2D eigenvalue weighted by atomic mass is 9.69. The molecule has 0 amide bonds. The first kappa shape index (κ1) is 10.4. The van der Waals surface area contributed by atoms with Crippen LogP contribution < -0.4 is 0 Å². The van der Waals surface area contributed by atoms with Gasteiger partial charge in [-0.25, -0.2) is 0 Å². The summed E-state index contributed by atoms with van der Waals surface area (Å²) in [6.07, 6.45) is 6.92. The van der Waals surface area contributed by atoms with Crippen molar-refractivity contribution in [2.24, 2.45) is 11.8 Å². The van der Waals surface area contributed by atoms with Crippen molar-refractivity contribution < 1.29 is 4.79 Å². The number of fused-ring (bicyclic) bond motifs is 1. The number of hydrogen-bond donors (Lipinski definition) is 0. The number of carbonyl (C=O) groups excluding carboxylic acids is 1. The number of carbonyl (C=O) groups is 1. The molecule has 2 aliphatic rings. The Morgan fingerprint density at radius 2 is 2.27 bits per heavy atom. The molecular formula is C14H18O. The van der Waals surface area contributed by atoms with Gasteiger partial charge in [-0.05, 0) is 50.2 Å². The molecule has 0 N–H and O–H groups in total. The Hall–Kier alpha value is -1.11. The maximum atomic E-state index is 11.4. The molecule has 0 spiro atoms. The highest BCUT2D eigenvalue weighted by Crippen LogP contribution is 2.42. The van der Waals surface area contributed by atoms with Crippen LogP contribution in [0, 0.1) is 11.8 Å². The molecule has 15 heavy (non-hydrogen) atoms. The third kappa shape index (κ3) is 1.83. The highest BCUT2D eigenvalue weighted by molar-refractivity contribution is 5.92. The minimum Gasteiger partial charge on any atom is -0.295 e. The predicted octanol–water partition coefficient (Wildman–Crippen LogP) is 3.43. The zero-order valence-corrected chi connectivity index (χ0v) is 9.55. The smallest absolute Gasteiger partial charge is 0.156 e. The van der Waals surface area contributed by atoms with Crippen LogP contribution >= 0.6 is 0 Å². The number of allylic oxidation sites excluding steroid dienone is 5.